The predicted molar refractivity (Wildman–Crippen MR) is 111 cm³/mol. The molecule has 0 atom stereocenters. The molecule has 7 heteroatoms. The highest BCUT2D eigenvalue weighted by atomic mass is 32.2. The van der Waals surface area contributed by atoms with Crippen LogP contribution in [0.3, 0.4) is 0 Å². The average molecular weight is 394 g/mol. The minimum atomic E-state index is -0.169. The standard InChI is InChI=1S/C19H27N3O2S2/c1-19(2)12-22(18(23)24-13-19)14-8-10-21(11-9-14)17(25)20-15-6-4-5-7-16(15)26-3/h4-7,14H,8-13H2,1-3H3,(H,20,25). The number of carbonyl (C=O) groups is 1. The number of ether oxygens (including phenoxy) is 1. The largest absolute Gasteiger partial charge is 0.449 e. The molecule has 0 aliphatic carbocycles. The summed E-state index contributed by atoms with van der Waals surface area (Å²) in [7, 11) is 0. The third-order valence-corrected chi connectivity index (χ3v) is 6.12. The summed E-state index contributed by atoms with van der Waals surface area (Å²) in [6.07, 6.45) is 3.72. The number of hydrogen-bond donors (Lipinski definition) is 1. The van der Waals surface area contributed by atoms with E-state index >= 15 is 0 Å². The Morgan fingerprint density at radius 2 is 2.00 bits per heavy atom. The van der Waals surface area contributed by atoms with Crippen LogP contribution < -0.4 is 5.32 Å². The molecule has 2 fully saturated rings. The van der Waals surface area contributed by atoms with E-state index < -0.39 is 0 Å². The van der Waals surface area contributed by atoms with Gasteiger partial charge in [0.2, 0.25) is 0 Å². The monoisotopic (exact) mass is 393 g/mol. The molecule has 5 nitrogen and oxygen atoms in total. The highest BCUT2D eigenvalue weighted by Crippen LogP contribution is 2.29. The number of thiocarbonyl (C=S) groups is 1. The molecule has 0 saturated carbocycles. The van der Waals surface area contributed by atoms with Crippen LogP contribution in [0.2, 0.25) is 0 Å². The lowest BCUT2D eigenvalue weighted by molar-refractivity contribution is -0.0133. The maximum Gasteiger partial charge on any atom is 0.410 e. The molecule has 1 N–H and O–H groups in total. The van der Waals surface area contributed by atoms with Crippen LogP contribution in [0.5, 0.6) is 0 Å². The number of piperidine rings is 1. The Hall–Kier alpha value is -1.47. The number of hydrogen-bond acceptors (Lipinski definition) is 4. The summed E-state index contributed by atoms with van der Waals surface area (Å²) in [6, 6.07) is 8.42. The van der Waals surface area contributed by atoms with Crippen molar-refractivity contribution in [2.24, 2.45) is 5.41 Å². The summed E-state index contributed by atoms with van der Waals surface area (Å²) < 4.78 is 5.37. The highest BCUT2D eigenvalue weighted by molar-refractivity contribution is 7.98. The molecule has 3 rings (SSSR count). The average Bonchev–Trinajstić information content (AvgIpc) is 2.64. The van der Waals surface area contributed by atoms with Crippen molar-refractivity contribution in [1.29, 1.82) is 0 Å². The van der Waals surface area contributed by atoms with E-state index in [1.807, 2.05) is 17.0 Å². The smallest absolute Gasteiger partial charge is 0.410 e. The van der Waals surface area contributed by atoms with Crippen molar-refractivity contribution in [3.05, 3.63) is 24.3 Å². The fourth-order valence-corrected chi connectivity index (χ4v) is 4.36. The van der Waals surface area contributed by atoms with E-state index in [4.69, 9.17) is 17.0 Å². The van der Waals surface area contributed by atoms with Crippen LogP contribution >= 0.6 is 24.0 Å². The Labute approximate surface area is 165 Å². The van der Waals surface area contributed by atoms with Crippen molar-refractivity contribution >= 4 is 40.9 Å². The molecule has 0 unspecified atom stereocenters. The predicted octanol–water partition coefficient (Wildman–Crippen LogP) is 4.05. The van der Waals surface area contributed by atoms with Crippen LogP contribution in [0.15, 0.2) is 29.2 Å². The molecule has 2 aliphatic heterocycles. The van der Waals surface area contributed by atoms with Gasteiger partial charge in [-0.1, -0.05) is 26.0 Å². The topological polar surface area (TPSA) is 44.8 Å². The Kier molecular flexibility index (Phi) is 5.97. The number of amides is 1. The quantitative estimate of drug-likeness (QED) is 0.617. The lowest BCUT2D eigenvalue weighted by Gasteiger charge is -2.44. The van der Waals surface area contributed by atoms with Crippen LogP contribution in [0.1, 0.15) is 26.7 Å². The Balaban J connectivity index is 1.56. The van der Waals surface area contributed by atoms with E-state index in [0.717, 1.165) is 43.3 Å². The number of anilines is 1. The summed E-state index contributed by atoms with van der Waals surface area (Å²) in [5.41, 5.74) is 1.07. The first-order valence-corrected chi connectivity index (χ1v) is 10.7. The van der Waals surface area contributed by atoms with Gasteiger partial charge in [0.1, 0.15) is 0 Å². The highest BCUT2D eigenvalue weighted by Gasteiger charge is 2.38. The van der Waals surface area contributed by atoms with Gasteiger partial charge < -0.3 is 19.9 Å². The minimum Gasteiger partial charge on any atom is -0.449 e. The second-order valence-corrected chi connectivity index (χ2v) is 8.93. The minimum absolute atomic E-state index is 0.0173. The summed E-state index contributed by atoms with van der Waals surface area (Å²) in [6.45, 7) is 7.25. The van der Waals surface area contributed by atoms with Crippen LogP contribution in [-0.2, 0) is 4.74 Å². The fraction of sp³-hybridized carbons (Fsp3) is 0.579. The number of benzene rings is 1. The maximum atomic E-state index is 12.2. The third kappa shape index (κ3) is 4.43. The fourth-order valence-electron chi connectivity index (χ4n) is 3.51. The lowest BCUT2D eigenvalue weighted by Crippen LogP contribution is -2.55. The van der Waals surface area contributed by atoms with E-state index in [0.29, 0.717) is 6.61 Å². The van der Waals surface area contributed by atoms with Crippen molar-refractivity contribution in [2.45, 2.75) is 37.6 Å². The van der Waals surface area contributed by atoms with Gasteiger partial charge in [0.25, 0.3) is 0 Å². The number of nitrogens with one attached hydrogen (secondary N) is 1. The first kappa shape index (κ1) is 19.3. The molecule has 0 radical (unpaired) electrons. The van der Waals surface area contributed by atoms with Gasteiger partial charge in [0.05, 0.1) is 12.3 Å². The maximum absolute atomic E-state index is 12.2. The molecule has 2 heterocycles. The van der Waals surface area contributed by atoms with Gasteiger partial charge >= 0.3 is 6.09 Å². The molecule has 1 aromatic rings. The van der Waals surface area contributed by atoms with Crippen LogP contribution in [-0.4, -0.2) is 59.5 Å². The van der Waals surface area contributed by atoms with E-state index in [-0.39, 0.29) is 17.6 Å². The number of thioether (sulfide) groups is 1. The summed E-state index contributed by atoms with van der Waals surface area (Å²) >= 11 is 7.32. The molecule has 0 aromatic heterocycles. The van der Waals surface area contributed by atoms with Crippen molar-refractivity contribution in [2.75, 3.05) is 37.8 Å². The van der Waals surface area contributed by atoms with Crippen LogP contribution in [0.25, 0.3) is 0 Å². The summed E-state index contributed by atoms with van der Waals surface area (Å²) in [5, 5.41) is 4.13. The Bertz CT molecular complexity index is 673. The number of nitrogens with zero attached hydrogens (tertiary/aromatic N) is 2. The molecule has 2 aliphatic rings. The molecular weight excluding hydrogens is 366 g/mol. The molecular formula is C19H27N3O2S2. The van der Waals surface area contributed by atoms with Crippen LogP contribution in [0, 0.1) is 5.41 Å². The SMILES string of the molecule is CSc1ccccc1NC(=S)N1CCC(N2CC(C)(C)COC2=O)CC1. The van der Waals surface area contributed by atoms with E-state index in [1.54, 1.807) is 11.8 Å². The second kappa shape index (κ2) is 8.05. The van der Waals surface area contributed by atoms with E-state index in [2.05, 4.69) is 42.5 Å². The van der Waals surface area contributed by atoms with Gasteiger partial charge in [-0.3, -0.25) is 0 Å². The number of rotatable bonds is 3. The second-order valence-electron chi connectivity index (χ2n) is 7.70. The van der Waals surface area contributed by atoms with Gasteiger partial charge in [-0.05, 0) is 43.4 Å². The molecule has 0 spiro atoms. The van der Waals surface area contributed by atoms with E-state index in [9.17, 15) is 4.79 Å². The van der Waals surface area contributed by atoms with Crippen molar-refractivity contribution in [1.82, 2.24) is 9.80 Å². The first-order chi connectivity index (χ1) is 12.4. The summed E-state index contributed by atoms with van der Waals surface area (Å²) in [4.78, 5) is 17.5. The molecule has 0 bridgehead atoms. The summed E-state index contributed by atoms with van der Waals surface area (Å²) in [5.74, 6) is 0. The number of carbonyl (C=O) groups excluding carboxylic acids is 1. The number of cyclic esters (lactones) is 1. The van der Waals surface area contributed by atoms with E-state index in [1.165, 1.54) is 4.90 Å². The van der Waals surface area contributed by atoms with Gasteiger partial charge in [-0.25, -0.2) is 4.79 Å². The van der Waals surface area contributed by atoms with Crippen molar-refractivity contribution in [3.63, 3.8) is 0 Å². The molecule has 1 aromatic carbocycles. The number of para-hydroxylation sites is 1. The van der Waals surface area contributed by atoms with Gasteiger partial charge in [0, 0.05) is 36.0 Å². The normalized spacial score (nSPS) is 20.7. The Morgan fingerprint density at radius 3 is 2.69 bits per heavy atom. The zero-order chi connectivity index (χ0) is 18.7. The molecule has 2 saturated heterocycles. The lowest BCUT2D eigenvalue weighted by atomic mass is 9.91. The molecule has 142 valence electrons. The van der Waals surface area contributed by atoms with Crippen molar-refractivity contribution in [3.8, 4) is 0 Å². The molecule has 26 heavy (non-hydrogen) atoms. The third-order valence-electron chi connectivity index (χ3n) is 4.96. The van der Waals surface area contributed by atoms with Gasteiger partial charge in [-0.15, -0.1) is 11.8 Å². The van der Waals surface area contributed by atoms with Gasteiger partial charge in [-0.2, -0.15) is 0 Å². The Morgan fingerprint density at radius 1 is 1.31 bits per heavy atom. The van der Waals surface area contributed by atoms with Crippen molar-refractivity contribution < 1.29 is 9.53 Å². The number of likely N-dealkylation sites (tertiary alicyclic amines) is 1. The zero-order valence-electron chi connectivity index (χ0n) is 15.7. The van der Waals surface area contributed by atoms with Crippen LogP contribution in [0.4, 0.5) is 10.5 Å². The van der Waals surface area contributed by atoms with Gasteiger partial charge in [0.15, 0.2) is 5.11 Å². The molecule has 1 amide bonds. The first-order valence-electron chi connectivity index (χ1n) is 9.02. The zero-order valence-corrected chi connectivity index (χ0v) is 17.3.